The molecule has 1 aliphatic heterocycles. The van der Waals surface area contributed by atoms with E-state index in [1.807, 2.05) is 6.92 Å². The number of benzene rings is 1. The molecule has 0 bridgehead atoms. The number of rotatable bonds is 2. The Bertz CT molecular complexity index is 397. The summed E-state index contributed by atoms with van der Waals surface area (Å²) < 4.78 is 5.27. The number of urea groups is 1. The van der Waals surface area contributed by atoms with E-state index in [-0.39, 0.29) is 11.6 Å². The number of nitrogen functional groups attached to an aromatic ring is 1. The Labute approximate surface area is 100 Å². The van der Waals surface area contributed by atoms with E-state index in [1.165, 1.54) is 0 Å². The second kappa shape index (κ2) is 4.63. The lowest BCUT2D eigenvalue weighted by atomic mass is 10.0. The Balaban J connectivity index is 1.91. The van der Waals surface area contributed by atoms with Gasteiger partial charge in [0.1, 0.15) is 0 Å². The second-order valence-corrected chi connectivity index (χ2v) is 4.56. The normalized spacial score (nSPS) is 23.4. The van der Waals surface area contributed by atoms with E-state index in [4.69, 9.17) is 10.5 Å². The zero-order chi connectivity index (χ0) is 12.3. The maximum Gasteiger partial charge on any atom is 0.319 e. The molecule has 1 saturated heterocycles. The van der Waals surface area contributed by atoms with Crippen LogP contribution in [-0.4, -0.2) is 24.8 Å². The summed E-state index contributed by atoms with van der Waals surface area (Å²) in [4.78, 5) is 11.7. The average molecular weight is 235 g/mol. The molecule has 1 aromatic rings. The molecule has 0 aliphatic carbocycles. The second-order valence-electron chi connectivity index (χ2n) is 4.56. The van der Waals surface area contributed by atoms with Gasteiger partial charge in [-0.25, -0.2) is 4.79 Å². The molecule has 2 amide bonds. The van der Waals surface area contributed by atoms with E-state index in [1.54, 1.807) is 24.3 Å². The molecule has 1 atom stereocenters. The van der Waals surface area contributed by atoms with Crippen molar-refractivity contribution in [1.29, 1.82) is 0 Å². The van der Waals surface area contributed by atoms with Gasteiger partial charge >= 0.3 is 6.03 Å². The molecule has 0 aromatic heterocycles. The fourth-order valence-corrected chi connectivity index (χ4v) is 1.77. The first-order valence-corrected chi connectivity index (χ1v) is 5.60. The molecule has 5 heteroatoms. The first-order chi connectivity index (χ1) is 8.07. The number of nitrogens with one attached hydrogen (secondary N) is 2. The minimum atomic E-state index is -0.266. The Morgan fingerprint density at radius 2 is 2.12 bits per heavy atom. The summed E-state index contributed by atoms with van der Waals surface area (Å²) in [6, 6.07) is 6.80. The van der Waals surface area contributed by atoms with Crippen molar-refractivity contribution in [1.82, 2.24) is 5.32 Å². The third-order valence-corrected chi connectivity index (χ3v) is 2.80. The third kappa shape index (κ3) is 3.10. The summed E-state index contributed by atoms with van der Waals surface area (Å²) >= 11 is 0. The molecule has 92 valence electrons. The summed E-state index contributed by atoms with van der Waals surface area (Å²) in [5.41, 5.74) is 6.69. The first-order valence-electron chi connectivity index (χ1n) is 5.60. The van der Waals surface area contributed by atoms with Gasteiger partial charge < -0.3 is 21.1 Å². The van der Waals surface area contributed by atoms with Crippen molar-refractivity contribution in [3.63, 3.8) is 0 Å². The van der Waals surface area contributed by atoms with Crippen LogP contribution in [0.15, 0.2) is 24.3 Å². The quantitative estimate of drug-likeness (QED) is 0.681. The smallest absolute Gasteiger partial charge is 0.319 e. The van der Waals surface area contributed by atoms with Crippen molar-refractivity contribution in [2.24, 2.45) is 0 Å². The van der Waals surface area contributed by atoms with Crippen molar-refractivity contribution in [2.45, 2.75) is 18.9 Å². The summed E-state index contributed by atoms with van der Waals surface area (Å²) in [6.07, 6.45) is 0.835. The van der Waals surface area contributed by atoms with Gasteiger partial charge in [-0.2, -0.15) is 0 Å². The lowest BCUT2D eigenvalue weighted by molar-refractivity contribution is 0.172. The molecule has 1 heterocycles. The Morgan fingerprint density at radius 3 is 2.71 bits per heavy atom. The highest BCUT2D eigenvalue weighted by molar-refractivity contribution is 5.89. The minimum Gasteiger partial charge on any atom is -0.399 e. The highest BCUT2D eigenvalue weighted by atomic mass is 16.5. The van der Waals surface area contributed by atoms with E-state index < -0.39 is 0 Å². The zero-order valence-electron chi connectivity index (χ0n) is 9.82. The van der Waals surface area contributed by atoms with Gasteiger partial charge in [-0.15, -0.1) is 0 Å². The van der Waals surface area contributed by atoms with E-state index in [0.717, 1.165) is 12.1 Å². The molecule has 1 aliphatic rings. The SMILES string of the molecule is CC1(NC(=O)Nc2ccc(N)cc2)CCOC1. The van der Waals surface area contributed by atoms with E-state index in [2.05, 4.69) is 10.6 Å². The van der Waals surface area contributed by atoms with Crippen LogP contribution >= 0.6 is 0 Å². The van der Waals surface area contributed by atoms with E-state index in [9.17, 15) is 4.79 Å². The molecule has 1 unspecified atom stereocenters. The summed E-state index contributed by atoms with van der Waals surface area (Å²) in [5.74, 6) is 0. The predicted molar refractivity (Wildman–Crippen MR) is 66.8 cm³/mol. The van der Waals surface area contributed by atoms with Gasteiger partial charge in [0.2, 0.25) is 0 Å². The Morgan fingerprint density at radius 1 is 1.41 bits per heavy atom. The molecule has 5 nitrogen and oxygen atoms in total. The first kappa shape index (κ1) is 11.7. The minimum absolute atomic E-state index is 0.220. The monoisotopic (exact) mass is 235 g/mol. The van der Waals surface area contributed by atoms with Crippen LogP contribution in [0, 0.1) is 0 Å². The maximum absolute atomic E-state index is 11.7. The van der Waals surface area contributed by atoms with Crippen LogP contribution in [0.25, 0.3) is 0 Å². The van der Waals surface area contributed by atoms with Crippen molar-refractivity contribution in [2.75, 3.05) is 24.3 Å². The van der Waals surface area contributed by atoms with Crippen LogP contribution in [0.3, 0.4) is 0 Å². The van der Waals surface area contributed by atoms with E-state index >= 15 is 0 Å². The third-order valence-electron chi connectivity index (χ3n) is 2.80. The van der Waals surface area contributed by atoms with Gasteiger partial charge in [0.15, 0.2) is 0 Å². The van der Waals surface area contributed by atoms with Crippen LogP contribution in [0.1, 0.15) is 13.3 Å². The van der Waals surface area contributed by atoms with Crippen molar-refractivity contribution in [3.05, 3.63) is 24.3 Å². The number of hydrogen-bond acceptors (Lipinski definition) is 3. The van der Waals surface area contributed by atoms with Gasteiger partial charge in [0.05, 0.1) is 12.1 Å². The van der Waals surface area contributed by atoms with Crippen LogP contribution in [0.5, 0.6) is 0 Å². The number of nitrogens with two attached hydrogens (primary N) is 1. The van der Waals surface area contributed by atoms with Crippen molar-refractivity contribution < 1.29 is 9.53 Å². The summed E-state index contributed by atoms with van der Waals surface area (Å²) in [5, 5.41) is 5.67. The molecule has 1 aromatic carbocycles. The topological polar surface area (TPSA) is 76.4 Å². The Kier molecular flexibility index (Phi) is 3.19. The maximum atomic E-state index is 11.7. The molecule has 0 saturated carbocycles. The fourth-order valence-electron chi connectivity index (χ4n) is 1.77. The number of carbonyl (C=O) groups is 1. The van der Waals surface area contributed by atoms with Crippen LogP contribution in [0.2, 0.25) is 0 Å². The largest absolute Gasteiger partial charge is 0.399 e. The highest BCUT2D eigenvalue weighted by Crippen LogP contribution is 2.18. The zero-order valence-corrected chi connectivity index (χ0v) is 9.82. The van der Waals surface area contributed by atoms with E-state index in [0.29, 0.717) is 18.9 Å². The van der Waals surface area contributed by atoms with Crippen molar-refractivity contribution >= 4 is 17.4 Å². The number of amides is 2. The van der Waals surface area contributed by atoms with Gasteiger partial charge in [-0.3, -0.25) is 0 Å². The number of anilines is 2. The average Bonchev–Trinajstić information content (AvgIpc) is 2.68. The number of carbonyl (C=O) groups excluding carboxylic acids is 1. The molecule has 0 radical (unpaired) electrons. The fraction of sp³-hybridized carbons (Fsp3) is 0.417. The van der Waals surface area contributed by atoms with Gasteiger partial charge in [-0.05, 0) is 37.6 Å². The molecule has 1 fully saturated rings. The summed E-state index contributed by atoms with van der Waals surface area (Å²) in [7, 11) is 0. The van der Waals surface area contributed by atoms with Crippen LogP contribution < -0.4 is 16.4 Å². The molecule has 4 N–H and O–H groups in total. The van der Waals surface area contributed by atoms with Crippen LogP contribution in [0.4, 0.5) is 16.2 Å². The molecule has 17 heavy (non-hydrogen) atoms. The van der Waals surface area contributed by atoms with Gasteiger partial charge in [0, 0.05) is 18.0 Å². The highest BCUT2D eigenvalue weighted by Gasteiger charge is 2.31. The lowest BCUT2D eigenvalue weighted by Gasteiger charge is -2.23. The van der Waals surface area contributed by atoms with Crippen LogP contribution in [-0.2, 0) is 4.74 Å². The molecule has 2 rings (SSSR count). The van der Waals surface area contributed by atoms with Gasteiger partial charge in [-0.1, -0.05) is 0 Å². The number of ether oxygens (including phenoxy) is 1. The molecular weight excluding hydrogens is 218 g/mol. The Hall–Kier alpha value is -1.75. The molecule has 0 spiro atoms. The number of hydrogen-bond donors (Lipinski definition) is 3. The lowest BCUT2D eigenvalue weighted by Crippen LogP contribution is -2.48. The molecular formula is C12H17N3O2. The summed E-state index contributed by atoms with van der Waals surface area (Å²) in [6.45, 7) is 3.23. The standard InChI is InChI=1S/C12H17N3O2/c1-12(6-7-17-8-12)15-11(16)14-10-4-2-9(13)3-5-10/h2-5H,6-8,13H2,1H3,(H2,14,15,16). The van der Waals surface area contributed by atoms with Crippen molar-refractivity contribution in [3.8, 4) is 0 Å². The predicted octanol–water partition coefficient (Wildman–Crippen LogP) is 1.57. The van der Waals surface area contributed by atoms with Gasteiger partial charge in [0.25, 0.3) is 0 Å².